The average Bonchev–Trinajstić information content (AvgIpc) is 1.77. The molecule has 0 aliphatic heterocycles. The number of carboxylic acid groups (broad SMARTS) is 9. The van der Waals surface area contributed by atoms with E-state index < -0.39 is 188 Å². The molecular formula is C67H84FN11O25. The van der Waals surface area contributed by atoms with Crippen LogP contribution >= 0.6 is 0 Å². The SMILES string of the molecule is O=C(O)CCC(NC(=O)N[C@@H](Cc1ccc(NC(=O)CCC(CCC(=O)Nc2ccc(CC(CC(=O)C[C@@H](CCC(=O)O)C(=O)O)C(=O)O)cc2)(CCC(=O)Nc2ccc(C[C@H](NC(=O)NC(CCC(=O)O)C(=O)O)C(=O)O)cc2)NC(=O)CCCCn2cc(CCCF)nn2)cc1)C(=O)O)C(=O)O. The average molecular weight is 1460 g/mol. The van der Waals surface area contributed by atoms with Crippen molar-refractivity contribution in [3.8, 4) is 0 Å². The van der Waals surface area contributed by atoms with Crippen LogP contribution in [-0.2, 0) is 99.4 Å². The van der Waals surface area contributed by atoms with E-state index in [9.17, 15) is 112 Å². The molecule has 564 valence electrons. The van der Waals surface area contributed by atoms with Crippen molar-refractivity contribution in [2.45, 2.75) is 178 Å². The topological polar surface area (TPSA) is 582 Å². The molecule has 3 aromatic carbocycles. The maximum atomic E-state index is 14.2. The van der Waals surface area contributed by atoms with Gasteiger partial charge in [-0.1, -0.05) is 41.6 Å². The van der Waals surface area contributed by atoms with Gasteiger partial charge in [0.05, 0.1) is 24.2 Å². The lowest BCUT2D eigenvalue weighted by Crippen LogP contribution is -2.51. The van der Waals surface area contributed by atoms with E-state index >= 15 is 0 Å². The first-order valence-electron chi connectivity index (χ1n) is 32.8. The summed E-state index contributed by atoms with van der Waals surface area (Å²) in [6.07, 6.45) is -4.22. The number of aryl methyl sites for hydroxylation is 2. The molecular weight excluding hydrogens is 1380 g/mol. The van der Waals surface area contributed by atoms with E-state index in [4.69, 9.17) is 15.3 Å². The highest BCUT2D eigenvalue weighted by Gasteiger charge is 2.35. The predicted molar refractivity (Wildman–Crippen MR) is 359 cm³/mol. The van der Waals surface area contributed by atoms with Gasteiger partial charge in [0.25, 0.3) is 0 Å². The normalized spacial score (nSPS) is 13.2. The first-order chi connectivity index (χ1) is 49.2. The number of carbonyl (C=O) groups is 16. The molecule has 0 fully saturated rings. The minimum atomic E-state index is -1.66. The van der Waals surface area contributed by atoms with Crippen molar-refractivity contribution in [3.63, 3.8) is 0 Å². The Hall–Kier alpha value is -11.9. The van der Waals surface area contributed by atoms with E-state index in [1.54, 1.807) is 6.20 Å². The molecule has 0 aliphatic carbocycles. The van der Waals surface area contributed by atoms with Crippen LogP contribution in [0.3, 0.4) is 0 Å². The predicted octanol–water partition coefficient (Wildman–Crippen LogP) is 3.85. The van der Waals surface area contributed by atoms with E-state index in [-0.39, 0.29) is 101 Å². The maximum Gasteiger partial charge on any atom is 0.326 e. The van der Waals surface area contributed by atoms with Gasteiger partial charge >= 0.3 is 65.8 Å². The van der Waals surface area contributed by atoms with E-state index in [1.807, 2.05) is 10.6 Å². The Kier molecular flexibility index (Phi) is 34.9. The molecule has 0 spiro atoms. The summed E-state index contributed by atoms with van der Waals surface area (Å²) in [6.45, 7) is -0.233. The second-order valence-electron chi connectivity index (χ2n) is 24.5. The lowest BCUT2D eigenvalue weighted by molar-refractivity contribution is -0.146. The summed E-state index contributed by atoms with van der Waals surface area (Å²) in [5, 5.41) is 113. The quantitative estimate of drug-likeness (QED) is 0.0279. The van der Waals surface area contributed by atoms with Gasteiger partial charge in [-0.15, -0.1) is 5.10 Å². The molecule has 0 saturated carbocycles. The van der Waals surface area contributed by atoms with Crippen molar-refractivity contribution >= 4 is 112 Å². The fraction of sp³-hybridized carbons (Fsp3) is 0.463. The highest BCUT2D eigenvalue weighted by Crippen LogP contribution is 2.29. The molecule has 36 nitrogen and oxygen atoms in total. The molecule has 6 atom stereocenters. The summed E-state index contributed by atoms with van der Waals surface area (Å²) in [5.74, 6) is -18.8. The first-order valence-corrected chi connectivity index (χ1v) is 32.8. The Morgan fingerprint density at radius 2 is 0.788 bits per heavy atom. The van der Waals surface area contributed by atoms with E-state index in [2.05, 4.69) is 42.2 Å². The number of alkyl halides is 1. The Bertz CT molecular complexity index is 3360. The third-order valence-electron chi connectivity index (χ3n) is 16.2. The molecule has 1 aromatic heterocycles. The highest BCUT2D eigenvalue weighted by atomic mass is 19.1. The van der Waals surface area contributed by atoms with Gasteiger partial charge in [-0.25, -0.2) is 28.8 Å². The second kappa shape index (κ2) is 43.0. The zero-order valence-corrected chi connectivity index (χ0v) is 56.2. The molecule has 37 heteroatoms. The number of urea groups is 2. The zero-order chi connectivity index (χ0) is 77.1. The maximum absolute atomic E-state index is 14.2. The molecule has 0 bridgehead atoms. The van der Waals surface area contributed by atoms with Gasteiger partial charge in [0.2, 0.25) is 23.6 Å². The summed E-state index contributed by atoms with van der Waals surface area (Å²) in [5.41, 5.74) is 0.588. The van der Waals surface area contributed by atoms with Crippen molar-refractivity contribution in [2.24, 2.45) is 11.8 Å². The third kappa shape index (κ3) is 32.6. The molecule has 17 N–H and O–H groups in total. The summed E-state index contributed by atoms with van der Waals surface area (Å²) in [6, 6.07) is 8.12. The molecule has 0 saturated heterocycles. The number of nitrogens with one attached hydrogen (secondary N) is 8. The molecule has 104 heavy (non-hydrogen) atoms. The molecule has 4 aromatic rings. The number of unbranched alkanes of at least 4 members (excludes halogenated alkanes) is 1. The number of rotatable bonds is 50. The van der Waals surface area contributed by atoms with Crippen LogP contribution in [0.1, 0.15) is 138 Å². The number of aliphatic carboxylic acids is 9. The highest BCUT2D eigenvalue weighted by molar-refractivity contribution is 5.94. The minimum absolute atomic E-state index is 0.121. The standard InChI is InChI=1S/C67H84FN11O25/c68-30-3-4-46-37-79(78-77-46)31-2-1-5-55(84)76-67(27-24-52(81)69-43-13-6-38(7-14-43)32-42(60(93)94)36-47(80)35-41(59(91)92)12-21-56(85)86,28-25-53(82)70-44-15-8-39(9-16-44)33-50(63(99)100)74-65(103)72-48(61(95)96)19-22-57(87)88)29-26-54(83)71-45-17-10-40(11-18-45)34-51(64(101)102)75-66(104)73-49(62(97)98)20-23-58(89)90/h6-11,13-18,37,41-42,48-51H,1-5,12,19-36H2,(H,69,81)(H,70,82)(H,71,83)(H,76,84)(H,85,86)(H,87,88)(H,89,90)(H,91,92)(H,93,94)(H,95,96)(H,97,98)(H,99,100)(H,101,102)(H2,72,74,103)(H2,73,75,104)/t41-,42?,48?,49?,50+,51+,67?/m1/s1. The van der Waals surface area contributed by atoms with E-state index in [1.165, 1.54) is 77.5 Å². The number of hydrogen-bond acceptors (Lipinski definition) is 18. The number of ketones is 1. The van der Waals surface area contributed by atoms with Gasteiger partial charge < -0.3 is 88.5 Å². The van der Waals surface area contributed by atoms with Crippen LogP contribution in [0.15, 0.2) is 79.0 Å². The number of anilines is 3. The Labute approximate surface area is 592 Å². The van der Waals surface area contributed by atoms with Crippen molar-refractivity contribution in [3.05, 3.63) is 101 Å². The smallest absolute Gasteiger partial charge is 0.326 e. The Balaban J connectivity index is 1.61. The lowest BCUT2D eigenvalue weighted by atomic mass is 9.82. The van der Waals surface area contributed by atoms with Gasteiger partial charge in [-0.05, 0) is 124 Å². The van der Waals surface area contributed by atoms with Gasteiger partial charge in [0, 0.05) is 106 Å². The number of nitrogens with zero attached hydrogens (tertiary/aromatic N) is 3. The fourth-order valence-corrected chi connectivity index (χ4v) is 10.6. The number of amides is 8. The van der Waals surface area contributed by atoms with Gasteiger partial charge in [0.1, 0.15) is 30.0 Å². The van der Waals surface area contributed by atoms with Crippen LogP contribution in [0.4, 0.5) is 31.0 Å². The van der Waals surface area contributed by atoms with Crippen LogP contribution in [0.25, 0.3) is 0 Å². The van der Waals surface area contributed by atoms with E-state index in [0.717, 1.165) is 0 Å². The van der Waals surface area contributed by atoms with Crippen LogP contribution in [0, 0.1) is 11.8 Å². The van der Waals surface area contributed by atoms with Gasteiger partial charge in [-0.3, -0.25) is 57.0 Å². The molecule has 3 unspecified atom stereocenters. The van der Waals surface area contributed by atoms with Crippen molar-refractivity contribution in [2.75, 3.05) is 22.6 Å². The van der Waals surface area contributed by atoms with Crippen molar-refractivity contribution < 1.29 is 127 Å². The summed E-state index contributed by atoms with van der Waals surface area (Å²) < 4.78 is 14.4. The molecule has 0 aliphatic rings. The van der Waals surface area contributed by atoms with E-state index in [0.29, 0.717) is 41.8 Å². The Morgan fingerprint density at radius 1 is 0.413 bits per heavy atom. The summed E-state index contributed by atoms with van der Waals surface area (Å²) in [4.78, 5) is 199. The number of hydrogen-bond donors (Lipinski definition) is 17. The van der Waals surface area contributed by atoms with Gasteiger partial charge in [0.15, 0.2) is 0 Å². The molecule has 1 heterocycles. The number of halogens is 1. The van der Waals surface area contributed by atoms with Crippen LogP contribution in [0.2, 0.25) is 0 Å². The van der Waals surface area contributed by atoms with Crippen LogP contribution in [-0.4, -0.2) is 193 Å². The monoisotopic (exact) mass is 1460 g/mol. The first kappa shape index (κ1) is 84.5. The van der Waals surface area contributed by atoms with Crippen molar-refractivity contribution in [1.82, 2.24) is 41.6 Å². The number of Topliss-reactive ketones (excluding diaryl/α,β-unsaturated/α-hetero) is 1. The fourth-order valence-electron chi connectivity index (χ4n) is 10.6. The number of carboxylic acids is 9. The molecule has 8 amide bonds. The largest absolute Gasteiger partial charge is 0.481 e. The van der Waals surface area contributed by atoms with Crippen molar-refractivity contribution in [1.29, 1.82) is 0 Å². The Morgan fingerprint density at radius 3 is 1.16 bits per heavy atom. The number of carbonyl (C=O) groups excluding carboxylic acids is 7. The third-order valence-corrected chi connectivity index (χ3v) is 16.2. The lowest BCUT2D eigenvalue weighted by Gasteiger charge is -2.35. The molecule has 4 rings (SSSR count). The van der Waals surface area contributed by atoms with Crippen LogP contribution < -0.4 is 42.5 Å². The minimum Gasteiger partial charge on any atom is -0.481 e. The number of benzene rings is 3. The molecule has 0 radical (unpaired) electrons. The number of aromatic nitrogens is 3. The van der Waals surface area contributed by atoms with Gasteiger partial charge in [-0.2, -0.15) is 0 Å². The second-order valence-corrected chi connectivity index (χ2v) is 24.5. The summed E-state index contributed by atoms with van der Waals surface area (Å²) >= 11 is 0. The van der Waals surface area contributed by atoms with Crippen LogP contribution in [0.5, 0.6) is 0 Å². The zero-order valence-electron chi connectivity index (χ0n) is 56.2. The summed E-state index contributed by atoms with van der Waals surface area (Å²) in [7, 11) is 0.